The summed E-state index contributed by atoms with van der Waals surface area (Å²) >= 11 is 3.13. The van der Waals surface area contributed by atoms with Crippen molar-refractivity contribution >= 4 is 39.3 Å². The van der Waals surface area contributed by atoms with Crippen molar-refractivity contribution in [2.45, 2.75) is 11.8 Å². The largest absolute Gasteiger partial charge is 0.462 e. The molecule has 1 atom stereocenters. The summed E-state index contributed by atoms with van der Waals surface area (Å²) in [6.45, 7) is 2.02. The van der Waals surface area contributed by atoms with Gasteiger partial charge in [-0.15, -0.1) is 0 Å². The van der Waals surface area contributed by atoms with Crippen LogP contribution in [-0.2, 0) is 9.53 Å². The molecule has 0 saturated carbocycles. The van der Waals surface area contributed by atoms with Crippen LogP contribution in [0.4, 0.5) is 5.69 Å². The molecule has 24 heavy (non-hydrogen) atoms. The fraction of sp³-hybridized carbons (Fsp3) is 0.167. The molecule has 0 aliphatic carbocycles. The van der Waals surface area contributed by atoms with Gasteiger partial charge < -0.3 is 10.1 Å². The Hall–Kier alpha value is -2.47. The third kappa shape index (κ3) is 4.52. The van der Waals surface area contributed by atoms with Crippen molar-refractivity contribution in [2.24, 2.45) is 0 Å². The van der Waals surface area contributed by atoms with Crippen LogP contribution in [0.15, 0.2) is 54.6 Å². The average molecular weight is 390 g/mol. The van der Waals surface area contributed by atoms with E-state index in [2.05, 4.69) is 21.2 Å². The van der Waals surface area contributed by atoms with Crippen molar-refractivity contribution in [3.05, 3.63) is 65.7 Å². The Kier molecular flexibility index (Phi) is 6.26. The zero-order valence-corrected chi connectivity index (χ0v) is 14.6. The summed E-state index contributed by atoms with van der Waals surface area (Å²) in [6.07, 6.45) is 0. The van der Waals surface area contributed by atoms with E-state index < -0.39 is 16.7 Å². The lowest BCUT2D eigenvalue weighted by Crippen LogP contribution is -2.30. The third-order valence-electron chi connectivity index (χ3n) is 3.18. The number of carbonyl (C=O) groups is 3. The van der Waals surface area contributed by atoms with Gasteiger partial charge in [-0.3, -0.25) is 9.59 Å². The SMILES string of the molecule is CCOC(=O)c1ccc(NC(=O)C(Br)C(=O)c2ccccc2)cc1. The lowest BCUT2D eigenvalue weighted by molar-refractivity contribution is -0.114. The third-order valence-corrected chi connectivity index (χ3v) is 4.01. The maximum atomic E-state index is 12.2. The highest BCUT2D eigenvalue weighted by Crippen LogP contribution is 2.15. The van der Waals surface area contributed by atoms with Gasteiger partial charge in [0.1, 0.15) is 0 Å². The minimum atomic E-state index is -0.996. The topological polar surface area (TPSA) is 72.5 Å². The van der Waals surface area contributed by atoms with Gasteiger partial charge >= 0.3 is 5.97 Å². The number of hydrogen-bond donors (Lipinski definition) is 1. The van der Waals surface area contributed by atoms with Crippen LogP contribution in [0.2, 0.25) is 0 Å². The summed E-state index contributed by atoms with van der Waals surface area (Å²) in [5.74, 6) is -1.23. The number of alkyl halides is 1. The second kappa shape index (κ2) is 8.40. The maximum absolute atomic E-state index is 12.2. The number of anilines is 1. The van der Waals surface area contributed by atoms with Gasteiger partial charge in [-0.1, -0.05) is 46.3 Å². The van der Waals surface area contributed by atoms with Crippen molar-refractivity contribution in [3.8, 4) is 0 Å². The Morgan fingerprint density at radius 3 is 2.21 bits per heavy atom. The Morgan fingerprint density at radius 2 is 1.62 bits per heavy atom. The van der Waals surface area contributed by atoms with Crippen LogP contribution in [0.3, 0.4) is 0 Å². The van der Waals surface area contributed by atoms with Crippen LogP contribution in [0.25, 0.3) is 0 Å². The number of halogens is 1. The monoisotopic (exact) mass is 389 g/mol. The molecule has 1 amide bonds. The van der Waals surface area contributed by atoms with E-state index in [1.165, 1.54) is 0 Å². The molecule has 0 aromatic heterocycles. The molecule has 0 aliphatic rings. The molecule has 1 unspecified atom stereocenters. The number of carbonyl (C=O) groups excluding carboxylic acids is 3. The molecule has 124 valence electrons. The van der Waals surface area contributed by atoms with E-state index in [0.717, 1.165) is 0 Å². The number of rotatable bonds is 6. The summed E-state index contributed by atoms with van der Waals surface area (Å²) in [5.41, 5.74) is 1.33. The van der Waals surface area contributed by atoms with Gasteiger partial charge in [-0.05, 0) is 31.2 Å². The highest BCUT2D eigenvalue weighted by Gasteiger charge is 2.24. The molecule has 2 aromatic carbocycles. The van der Waals surface area contributed by atoms with Crippen molar-refractivity contribution in [1.29, 1.82) is 0 Å². The van der Waals surface area contributed by atoms with Gasteiger partial charge in [-0.2, -0.15) is 0 Å². The first-order chi connectivity index (χ1) is 11.5. The number of ketones is 1. The minimum absolute atomic E-state index is 0.296. The number of esters is 1. The van der Waals surface area contributed by atoms with E-state index in [0.29, 0.717) is 23.4 Å². The van der Waals surface area contributed by atoms with Crippen LogP contribution in [0.1, 0.15) is 27.6 Å². The number of ether oxygens (including phenoxy) is 1. The summed E-state index contributed by atoms with van der Waals surface area (Å²) in [7, 11) is 0. The minimum Gasteiger partial charge on any atom is -0.462 e. The van der Waals surface area contributed by atoms with Gasteiger partial charge in [0.2, 0.25) is 5.91 Å². The number of amides is 1. The van der Waals surface area contributed by atoms with Gasteiger partial charge in [0, 0.05) is 11.3 Å². The molecule has 0 aliphatic heterocycles. The molecular formula is C18H16BrNO4. The predicted molar refractivity (Wildman–Crippen MR) is 94.5 cm³/mol. The zero-order chi connectivity index (χ0) is 17.5. The fourth-order valence-corrected chi connectivity index (χ4v) is 2.36. The van der Waals surface area contributed by atoms with E-state index in [1.807, 2.05) is 0 Å². The van der Waals surface area contributed by atoms with Gasteiger partial charge in [-0.25, -0.2) is 4.79 Å². The molecule has 0 fully saturated rings. The summed E-state index contributed by atoms with van der Waals surface area (Å²) in [5, 5.41) is 2.63. The molecule has 0 saturated heterocycles. The number of Topliss-reactive ketones (excluding diaryl/α,β-unsaturated/α-hetero) is 1. The number of nitrogens with one attached hydrogen (secondary N) is 1. The molecular weight excluding hydrogens is 374 g/mol. The molecule has 1 N–H and O–H groups in total. The molecule has 0 spiro atoms. The smallest absolute Gasteiger partial charge is 0.338 e. The van der Waals surface area contributed by atoms with E-state index in [4.69, 9.17) is 4.74 Å². The lowest BCUT2D eigenvalue weighted by atomic mass is 10.1. The number of hydrogen-bond acceptors (Lipinski definition) is 4. The second-order valence-electron chi connectivity index (χ2n) is 4.88. The van der Waals surface area contributed by atoms with Crippen LogP contribution >= 0.6 is 15.9 Å². The van der Waals surface area contributed by atoms with Crippen LogP contribution in [-0.4, -0.2) is 29.1 Å². The highest BCUT2D eigenvalue weighted by atomic mass is 79.9. The molecule has 2 rings (SSSR count). The fourth-order valence-electron chi connectivity index (χ4n) is 1.98. The van der Waals surface area contributed by atoms with Crippen molar-refractivity contribution in [1.82, 2.24) is 0 Å². The molecule has 2 aromatic rings. The molecule has 5 nitrogen and oxygen atoms in total. The quantitative estimate of drug-likeness (QED) is 0.355. The molecule has 0 bridgehead atoms. The van der Waals surface area contributed by atoms with Crippen molar-refractivity contribution < 1.29 is 19.1 Å². The maximum Gasteiger partial charge on any atom is 0.338 e. The highest BCUT2D eigenvalue weighted by molar-refractivity contribution is 9.10. The standard InChI is InChI=1S/C18H16BrNO4/c1-2-24-18(23)13-8-10-14(11-9-13)20-17(22)15(19)16(21)12-6-4-3-5-7-12/h3-11,15H,2H2,1H3,(H,20,22). The first kappa shape index (κ1) is 17.9. The van der Waals surface area contributed by atoms with Gasteiger partial charge in [0.05, 0.1) is 12.2 Å². The Morgan fingerprint density at radius 1 is 1.00 bits per heavy atom. The van der Waals surface area contributed by atoms with Crippen molar-refractivity contribution in [2.75, 3.05) is 11.9 Å². The Labute approximate surface area is 148 Å². The van der Waals surface area contributed by atoms with E-state index in [-0.39, 0.29) is 5.78 Å². The Balaban J connectivity index is 2.01. The first-order valence-corrected chi connectivity index (χ1v) is 8.26. The van der Waals surface area contributed by atoms with Crippen LogP contribution < -0.4 is 5.32 Å². The number of benzene rings is 2. The zero-order valence-electron chi connectivity index (χ0n) is 13.0. The summed E-state index contributed by atoms with van der Waals surface area (Å²) < 4.78 is 4.89. The van der Waals surface area contributed by atoms with Crippen LogP contribution in [0.5, 0.6) is 0 Å². The second-order valence-corrected chi connectivity index (χ2v) is 5.80. The average Bonchev–Trinajstić information content (AvgIpc) is 2.62. The summed E-state index contributed by atoms with van der Waals surface area (Å²) in [4.78, 5) is 35.0. The lowest BCUT2D eigenvalue weighted by Gasteiger charge is -2.10. The van der Waals surface area contributed by atoms with Gasteiger partial charge in [0.15, 0.2) is 10.6 Å². The Bertz CT molecular complexity index is 728. The molecule has 6 heteroatoms. The van der Waals surface area contributed by atoms with Crippen LogP contribution in [0, 0.1) is 0 Å². The molecule has 0 radical (unpaired) electrons. The van der Waals surface area contributed by atoms with E-state index in [1.54, 1.807) is 61.5 Å². The van der Waals surface area contributed by atoms with Crippen molar-refractivity contribution in [3.63, 3.8) is 0 Å². The predicted octanol–water partition coefficient (Wildman–Crippen LogP) is 3.45. The first-order valence-electron chi connectivity index (χ1n) is 7.34. The summed E-state index contributed by atoms with van der Waals surface area (Å²) in [6, 6.07) is 14.8. The van der Waals surface area contributed by atoms with E-state index in [9.17, 15) is 14.4 Å². The normalized spacial score (nSPS) is 11.4. The van der Waals surface area contributed by atoms with Gasteiger partial charge in [0.25, 0.3) is 0 Å². The van der Waals surface area contributed by atoms with E-state index >= 15 is 0 Å². The molecule has 0 heterocycles.